The Labute approximate surface area is 95.8 Å². The summed E-state index contributed by atoms with van der Waals surface area (Å²) in [6.07, 6.45) is 1.68. The second-order valence-electron chi connectivity index (χ2n) is 4.61. The molecule has 1 aliphatic rings. The molecule has 0 aromatic carbocycles. The van der Waals surface area contributed by atoms with Gasteiger partial charge < -0.3 is 10.4 Å². The normalized spacial score (nSPS) is 18.7. The van der Waals surface area contributed by atoms with Crippen LogP contribution < -0.4 is 5.32 Å². The average Bonchev–Trinajstić information content (AvgIpc) is 2.20. The van der Waals surface area contributed by atoms with Crippen LogP contribution in [-0.2, 0) is 9.59 Å². The van der Waals surface area contributed by atoms with Crippen molar-refractivity contribution in [3.8, 4) is 0 Å². The Morgan fingerprint density at radius 1 is 1.38 bits per heavy atom. The van der Waals surface area contributed by atoms with E-state index in [1.807, 2.05) is 18.7 Å². The summed E-state index contributed by atoms with van der Waals surface area (Å²) in [4.78, 5) is 23.9. The van der Waals surface area contributed by atoms with Gasteiger partial charge in [0.05, 0.1) is 6.54 Å². The average molecular weight is 228 g/mol. The monoisotopic (exact) mass is 228 g/mol. The molecule has 0 spiro atoms. The molecule has 1 fully saturated rings. The van der Waals surface area contributed by atoms with E-state index in [0.29, 0.717) is 0 Å². The van der Waals surface area contributed by atoms with E-state index in [1.165, 1.54) is 0 Å². The third-order valence-electron chi connectivity index (χ3n) is 2.82. The molecule has 1 heterocycles. The van der Waals surface area contributed by atoms with Crippen LogP contribution >= 0.6 is 0 Å². The van der Waals surface area contributed by atoms with Crippen LogP contribution in [0.1, 0.15) is 26.7 Å². The Morgan fingerprint density at radius 3 is 2.38 bits per heavy atom. The van der Waals surface area contributed by atoms with Gasteiger partial charge in [-0.3, -0.25) is 14.5 Å². The number of carboxylic acids is 1. The van der Waals surface area contributed by atoms with Crippen LogP contribution in [0.3, 0.4) is 0 Å². The van der Waals surface area contributed by atoms with Crippen molar-refractivity contribution in [2.24, 2.45) is 5.92 Å². The summed E-state index contributed by atoms with van der Waals surface area (Å²) >= 11 is 0. The minimum Gasteiger partial charge on any atom is -0.480 e. The van der Waals surface area contributed by atoms with Gasteiger partial charge in [-0.2, -0.15) is 0 Å². The molecule has 0 saturated carbocycles. The Morgan fingerprint density at radius 2 is 1.94 bits per heavy atom. The summed E-state index contributed by atoms with van der Waals surface area (Å²) in [7, 11) is 0. The van der Waals surface area contributed by atoms with Crippen LogP contribution in [0.25, 0.3) is 0 Å². The van der Waals surface area contributed by atoms with E-state index >= 15 is 0 Å². The highest BCUT2D eigenvalue weighted by Crippen LogP contribution is 2.10. The van der Waals surface area contributed by atoms with Gasteiger partial charge in [0.1, 0.15) is 0 Å². The number of amides is 1. The summed E-state index contributed by atoms with van der Waals surface area (Å²) in [5.41, 5.74) is 0. The van der Waals surface area contributed by atoms with Crippen molar-refractivity contribution in [1.82, 2.24) is 10.2 Å². The molecule has 2 N–H and O–H groups in total. The number of hydrogen-bond acceptors (Lipinski definition) is 3. The number of carbonyl (C=O) groups excluding carboxylic acids is 1. The van der Waals surface area contributed by atoms with E-state index in [4.69, 9.17) is 5.11 Å². The zero-order valence-corrected chi connectivity index (χ0v) is 9.90. The van der Waals surface area contributed by atoms with Gasteiger partial charge in [-0.05, 0) is 12.8 Å². The molecule has 0 bridgehead atoms. The van der Waals surface area contributed by atoms with Crippen molar-refractivity contribution < 1.29 is 14.7 Å². The van der Waals surface area contributed by atoms with Crippen molar-refractivity contribution in [1.29, 1.82) is 0 Å². The fourth-order valence-electron chi connectivity index (χ4n) is 1.79. The Bertz CT molecular complexity index is 258. The molecule has 0 radical (unpaired) electrons. The molecule has 5 nitrogen and oxygen atoms in total. The third kappa shape index (κ3) is 4.18. The molecule has 16 heavy (non-hydrogen) atoms. The summed E-state index contributed by atoms with van der Waals surface area (Å²) in [6.45, 7) is 5.33. The molecule has 1 saturated heterocycles. The molecule has 1 amide bonds. The van der Waals surface area contributed by atoms with E-state index in [0.717, 1.165) is 25.9 Å². The Balaban J connectivity index is 2.27. The molecule has 1 aliphatic heterocycles. The van der Waals surface area contributed by atoms with Crippen molar-refractivity contribution in [3.05, 3.63) is 0 Å². The summed E-state index contributed by atoms with van der Waals surface area (Å²) < 4.78 is 0. The predicted octanol–water partition coefficient (Wildman–Crippen LogP) is 0.308. The first kappa shape index (κ1) is 13.0. The third-order valence-corrected chi connectivity index (χ3v) is 2.82. The number of nitrogens with zero attached hydrogens (tertiary/aromatic N) is 1. The van der Waals surface area contributed by atoms with E-state index in [1.54, 1.807) is 0 Å². The van der Waals surface area contributed by atoms with Crippen molar-refractivity contribution >= 4 is 11.9 Å². The van der Waals surface area contributed by atoms with Crippen LogP contribution in [0, 0.1) is 5.92 Å². The van der Waals surface area contributed by atoms with Gasteiger partial charge in [0.25, 0.3) is 0 Å². The lowest BCUT2D eigenvalue weighted by atomic mass is 10.0. The Kier molecular flexibility index (Phi) is 4.73. The second-order valence-corrected chi connectivity index (χ2v) is 4.61. The number of rotatable bonds is 4. The van der Waals surface area contributed by atoms with E-state index < -0.39 is 5.97 Å². The van der Waals surface area contributed by atoms with Crippen LogP contribution in [0.15, 0.2) is 0 Å². The molecule has 0 unspecified atom stereocenters. The van der Waals surface area contributed by atoms with Gasteiger partial charge in [0, 0.05) is 25.0 Å². The summed E-state index contributed by atoms with van der Waals surface area (Å²) in [5.74, 6) is -0.696. The van der Waals surface area contributed by atoms with Crippen LogP contribution in [0.2, 0.25) is 0 Å². The van der Waals surface area contributed by atoms with Gasteiger partial charge in [-0.1, -0.05) is 13.8 Å². The number of hydrogen-bond donors (Lipinski definition) is 2. The largest absolute Gasteiger partial charge is 0.480 e. The molecular formula is C11H20N2O3. The zero-order chi connectivity index (χ0) is 12.1. The molecule has 0 atom stereocenters. The number of carbonyl (C=O) groups is 2. The number of aliphatic carboxylic acids is 1. The fourth-order valence-corrected chi connectivity index (χ4v) is 1.79. The molecule has 0 aromatic rings. The SMILES string of the molecule is CC(C)C(=O)NC1CCN(CC(=O)O)CC1. The minimum absolute atomic E-state index is 0.0112. The first-order valence-corrected chi connectivity index (χ1v) is 5.73. The van der Waals surface area contributed by atoms with Crippen molar-refractivity contribution in [2.45, 2.75) is 32.7 Å². The second kappa shape index (κ2) is 5.84. The van der Waals surface area contributed by atoms with Crippen LogP contribution in [-0.4, -0.2) is 47.6 Å². The highest BCUT2D eigenvalue weighted by molar-refractivity contribution is 5.78. The molecular weight excluding hydrogens is 208 g/mol. The standard InChI is InChI=1S/C11H20N2O3/c1-8(2)11(16)12-9-3-5-13(6-4-9)7-10(14)15/h8-9H,3-7H2,1-2H3,(H,12,16)(H,14,15). The summed E-state index contributed by atoms with van der Waals surface area (Å²) in [6, 6.07) is 0.208. The zero-order valence-electron chi connectivity index (χ0n) is 9.90. The smallest absolute Gasteiger partial charge is 0.317 e. The molecule has 1 rings (SSSR count). The molecule has 5 heteroatoms. The topological polar surface area (TPSA) is 69.6 Å². The van der Waals surface area contributed by atoms with E-state index in [-0.39, 0.29) is 24.4 Å². The first-order chi connectivity index (χ1) is 7.49. The number of likely N-dealkylation sites (tertiary alicyclic amines) is 1. The lowest BCUT2D eigenvalue weighted by molar-refractivity contribution is -0.138. The van der Waals surface area contributed by atoms with E-state index in [9.17, 15) is 9.59 Å². The highest BCUT2D eigenvalue weighted by atomic mass is 16.4. The molecule has 0 aliphatic carbocycles. The lowest BCUT2D eigenvalue weighted by Crippen LogP contribution is -2.46. The van der Waals surface area contributed by atoms with Crippen molar-refractivity contribution in [2.75, 3.05) is 19.6 Å². The quantitative estimate of drug-likeness (QED) is 0.726. The first-order valence-electron chi connectivity index (χ1n) is 5.73. The van der Waals surface area contributed by atoms with Gasteiger partial charge in [0.2, 0.25) is 5.91 Å². The maximum atomic E-state index is 11.5. The summed E-state index contributed by atoms with van der Waals surface area (Å²) in [5, 5.41) is 11.6. The highest BCUT2D eigenvalue weighted by Gasteiger charge is 2.22. The minimum atomic E-state index is -0.787. The molecule has 0 aromatic heterocycles. The van der Waals surface area contributed by atoms with Gasteiger partial charge in [-0.25, -0.2) is 0 Å². The van der Waals surface area contributed by atoms with Gasteiger partial charge in [0.15, 0.2) is 0 Å². The maximum Gasteiger partial charge on any atom is 0.317 e. The van der Waals surface area contributed by atoms with Gasteiger partial charge in [-0.15, -0.1) is 0 Å². The number of piperidine rings is 1. The van der Waals surface area contributed by atoms with Crippen LogP contribution in [0.4, 0.5) is 0 Å². The lowest BCUT2D eigenvalue weighted by Gasteiger charge is -2.31. The number of carboxylic acid groups (broad SMARTS) is 1. The van der Waals surface area contributed by atoms with Crippen LogP contribution in [0.5, 0.6) is 0 Å². The van der Waals surface area contributed by atoms with E-state index in [2.05, 4.69) is 5.32 Å². The molecule has 92 valence electrons. The van der Waals surface area contributed by atoms with Gasteiger partial charge >= 0.3 is 5.97 Å². The fraction of sp³-hybridized carbons (Fsp3) is 0.818. The predicted molar refractivity (Wildman–Crippen MR) is 60.1 cm³/mol. The van der Waals surface area contributed by atoms with Crippen molar-refractivity contribution in [3.63, 3.8) is 0 Å². The maximum absolute atomic E-state index is 11.5. The number of nitrogens with one attached hydrogen (secondary N) is 1. The Hall–Kier alpha value is -1.10.